The third-order valence-electron chi connectivity index (χ3n) is 3.35. The number of hydrogen-bond acceptors (Lipinski definition) is 4. The van der Waals surface area contributed by atoms with Gasteiger partial charge in [0.05, 0.1) is 12.6 Å². The van der Waals surface area contributed by atoms with Crippen LogP contribution in [-0.2, 0) is 17.8 Å². The molecule has 1 unspecified atom stereocenters. The molecule has 0 radical (unpaired) electrons. The molecule has 2 heterocycles. The third kappa shape index (κ3) is 3.57. The summed E-state index contributed by atoms with van der Waals surface area (Å²) in [4.78, 5) is 2.42. The molecule has 1 saturated heterocycles. The molecular weight excluding hydrogens is 228 g/mol. The Labute approximate surface area is 109 Å². The molecule has 0 bridgehead atoms. The van der Waals surface area contributed by atoms with Gasteiger partial charge in [0.25, 0.3) is 0 Å². The second kappa shape index (κ2) is 6.36. The topological polar surface area (TPSA) is 37.6 Å². The predicted molar refractivity (Wildman–Crippen MR) is 71.5 cm³/mol. The minimum atomic E-state index is 0.320. The van der Waals surface area contributed by atoms with Crippen molar-refractivity contribution in [2.75, 3.05) is 26.7 Å². The smallest absolute Gasteiger partial charge is 0.118 e. The van der Waals surface area contributed by atoms with Gasteiger partial charge in [-0.1, -0.05) is 0 Å². The van der Waals surface area contributed by atoms with E-state index in [-0.39, 0.29) is 0 Å². The van der Waals surface area contributed by atoms with E-state index in [0.29, 0.717) is 6.10 Å². The largest absolute Gasteiger partial charge is 0.465 e. The summed E-state index contributed by atoms with van der Waals surface area (Å²) in [5.41, 5.74) is 1.26. The van der Waals surface area contributed by atoms with Crippen molar-refractivity contribution in [3.8, 4) is 0 Å². The summed E-state index contributed by atoms with van der Waals surface area (Å²) in [5, 5.41) is 3.17. The Morgan fingerprint density at radius 3 is 3.11 bits per heavy atom. The van der Waals surface area contributed by atoms with E-state index in [1.807, 2.05) is 14.0 Å². The molecule has 0 aromatic carbocycles. The van der Waals surface area contributed by atoms with E-state index >= 15 is 0 Å². The standard InChI is InChI=1S/C14H24N2O2/c1-11-9-16(5-4-6-17-11)10-14-7-13(8-15-3)12(2)18-14/h7,11,15H,4-6,8-10H2,1-3H3. The lowest BCUT2D eigenvalue weighted by atomic mass is 10.2. The Morgan fingerprint density at radius 1 is 1.50 bits per heavy atom. The van der Waals surface area contributed by atoms with Gasteiger partial charge in [-0.2, -0.15) is 0 Å². The lowest BCUT2D eigenvalue weighted by molar-refractivity contribution is 0.0658. The maximum Gasteiger partial charge on any atom is 0.118 e. The fourth-order valence-corrected chi connectivity index (χ4v) is 2.48. The second-order valence-corrected chi connectivity index (χ2v) is 5.09. The van der Waals surface area contributed by atoms with E-state index in [1.165, 1.54) is 5.56 Å². The molecule has 1 aliphatic heterocycles. The lowest BCUT2D eigenvalue weighted by Crippen LogP contribution is -2.29. The van der Waals surface area contributed by atoms with E-state index in [9.17, 15) is 0 Å². The van der Waals surface area contributed by atoms with Crippen molar-refractivity contribution in [1.82, 2.24) is 10.2 Å². The molecule has 2 rings (SSSR count). The fourth-order valence-electron chi connectivity index (χ4n) is 2.48. The van der Waals surface area contributed by atoms with Crippen LogP contribution >= 0.6 is 0 Å². The predicted octanol–water partition coefficient (Wildman–Crippen LogP) is 1.92. The number of nitrogens with zero attached hydrogens (tertiary/aromatic N) is 1. The first-order valence-electron chi connectivity index (χ1n) is 6.75. The Kier molecular flexibility index (Phi) is 4.80. The van der Waals surface area contributed by atoms with Crippen LogP contribution in [0.25, 0.3) is 0 Å². The summed E-state index contributed by atoms with van der Waals surface area (Å²) < 4.78 is 11.5. The Morgan fingerprint density at radius 2 is 2.33 bits per heavy atom. The highest BCUT2D eigenvalue weighted by Gasteiger charge is 2.17. The van der Waals surface area contributed by atoms with Crippen LogP contribution in [0.15, 0.2) is 10.5 Å². The van der Waals surface area contributed by atoms with E-state index in [0.717, 1.165) is 50.7 Å². The molecular formula is C14H24N2O2. The van der Waals surface area contributed by atoms with Crippen molar-refractivity contribution in [3.63, 3.8) is 0 Å². The Bertz CT molecular complexity index is 376. The molecule has 1 N–H and O–H groups in total. The first-order chi connectivity index (χ1) is 8.69. The zero-order valence-electron chi connectivity index (χ0n) is 11.7. The third-order valence-corrected chi connectivity index (χ3v) is 3.35. The monoisotopic (exact) mass is 252 g/mol. The SMILES string of the molecule is CNCc1cc(CN2CCCOC(C)C2)oc1C. The average molecular weight is 252 g/mol. The summed E-state index contributed by atoms with van der Waals surface area (Å²) in [7, 11) is 1.96. The van der Waals surface area contributed by atoms with E-state index in [4.69, 9.17) is 9.15 Å². The van der Waals surface area contributed by atoms with Crippen LogP contribution in [0.3, 0.4) is 0 Å². The van der Waals surface area contributed by atoms with Gasteiger partial charge in [-0.05, 0) is 33.4 Å². The number of rotatable bonds is 4. The maximum atomic E-state index is 5.82. The van der Waals surface area contributed by atoms with Gasteiger partial charge in [0.1, 0.15) is 11.5 Å². The first kappa shape index (κ1) is 13.6. The first-order valence-corrected chi connectivity index (χ1v) is 6.75. The van der Waals surface area contributed by atoms with Gasteiger partial charge >= 0.3 is 0 Å². The summed E-state index contributed by atoms with van der Waals surface area (Å²) in [6, 6.07) is 2.17. The number of ether oxygens (including phenoxy) is 1. The summed E-state index contributed by atoms with van der Waals surface area (Å²) >= 11 is 0. The van der Waals surface area contributed by atoms with Gasteiger partial charge in [-0.25, -0.2) is 0 Å². The summed E-state index contributed by atoms with van der Waals surface area (Å²) in [6.07, 6.45) is 1.42. The van der Waals surface area contributed by atoms with E-state index < -0.39 is 0 Å². The van der Waals surface area contributed by atoms with Crippen molar-refractivity contribution in [2.24, 2.45) is 0 Å². The van der Waals surface area contributed by atoms with Gasteiger partial charge in [0, 0.05) is 31.8 Å². The van der Waals surface area contributed by atoms with Crippen molar-refractivity contribution in [1.29, 1.82) is 0 Å². The summed E-state index contributed by atoms with van der Waals surface area (Å²) in [6.45, 7) is 8.88. The minimum Gasteiger partial charge on any atom is -0.465 e. The molecule has 1 aliphatic rings. The van der Waals surface area contributed by atoms with Gasteiger partial charge in [-0.15, -0.1) is 0 Å². The van der Waals surface area contributed by atoms with Crippen molar-refractivity contribution in [3.05, 3.63) is 23.2 Å². The number of furan rings is 1. The van der Waals surface area contributed by atoms with Crippen molar-refractivity contribution in [2.45, 2.75) is 39.5 Å². The molecule has 0 aliphatic carbocycles. The van der Waals surface area contributed by atoms with E-state index in [1.54, 1.807) is 0 Å². The molecule has 1 fully saturated rings. The highest BCUT2D eigenvalue weighted by atomic mass is 16.5. The summed E-state index contributed by atoms with van der Waals surface area (Å²) in [5.74, 6) is 2.09. The second-order valence-electron chi connectivity index (χ2n) is 5.09. The van der Waals surface area contributed by atoms with Crippen LogP contribution in [0.5, 0.6) is 0 Å². The van der Waals surface area contributed by atoms with Gasteiger partial charge in [-0.3, -0.25) is 4.90 Å². The Balaban J connectivity index is 1.97. The van der Waals surface area contributed by atoms with Crippen molar-refractivity contribution >= 4 is 0 Å². The lowest BCUT2D eigenvalue weighted by Gasteiger charge is -2.20. The fraction of sp³-hybridized carbons (Fsp3) is 0.714. The van der Waals surface area contributed by atoms with Crippen LogP contribution in [-0.4, -0.2) is 37.7 Å². The highest BCUT2D eigenvalue weighted by Crippen LogP contribution is 2.17. The van der Waals surface area contributed by atoms with Gasteiger partial charge < -0.3 is 14.5 Å². The normalized spacial score (nSPS) is 22.1. The highest BCUT2D eigenvalue weighted by molar-refractivity contribution is 5.20. The van der Waals surface area contributed by atoms with Gasteiger partial charge in [0.15, 0.2) is 0 Å². The van der Waals surface area contributed by atoms with Gasteiger partial charge in [0.2, 0.25) is 0 Å². The number of hydrogen-bond donors (Lipinski definition) is 1. The average Bonchev–Trinajstić information content (AvgIpc) is 2.54. The maximum absolute atomic E-state index is 5.82. The molecule has 18 heavy (non-hydrogen) atoms. The molecule has 0 amide bonds. The molecule has 0 saturated carbocycles. The van der Waals surface area contributed by atoms with Crippen molar-refractivity contribution < 1.29 is 9.15 Å². The minimum absolute atomic E-state index is 0.320. The molecule has 4 heteroatoms. The van der Waals surface area contributed by atoms with Crippen LogP contribution in [0.1, 0.15) is 30.4 Å². The number of aryl methyl sites for hydroxylation is 1. The molecule has 102 valence electrons. The molecule has 1 aromatic rings. The number of nitrogens with one attached hydrogen (secondary N) is 1. The quantitative estimate of drug-likeness (QED) is 0.888. The zero-order chi connectivity index (χ0) is 13.0. The van der Waals surface area contributed by atoms with Crippen LogP contribution < -0.4 is 5.32 Å². The van der Waals surface area contributed by atoms with Crippen LogP contribution in [0.4, 0.5) is 0 Å². The molecule has 0 spiro atoms. The zero-order valence-corrected chi connectivity index (χ0v) is 11.7. The van der Waals surface area contributed by atoms with Crippen LogP contribution in [0.2, 0.25) is 0 Å². The van der Waals surface area contributed by atoms with E-state index in [2.05, 4.69) is 23.2 Å². The molecule has 4 nitrogen and oxygen atoms in total. The molecule has 1 atom stereocenters. The molecule has 1 aromatic heterocycles. The Hall–Kier alpha value is -0.840. The van der Waals surface area contributed by atoms with Crippen LogP contribution in [0, 0.1) is 6.92 Å².